The van der Waals surface area contributed by atoms with Crippen LogP contribution < -0.4 is 0 Å². The van der Waals surface area contributed by atoms with E-state index in [1.165, 1.54) is 49.7 Å². The maximum atomic E-state index is 2.39. The van der Waals surface area contributed by atoms with Gasteiger partial charge in [-0.25, -0.2) is 0 Å². The lowest BCUT2D eigenvalue weighted by molar-refractivity contribution is 0.662. The summed E-state index contributed by atoms with van der Waals surface area (Å²) in [6.45, 7) is 2.27. The molecule has 0 aliphatic heterocycles. The quantitative estimate of drug-likeness (QED) is 0.609. The van der Waals surface area contributed by atoms with Gasteiger partial charge in [-0.1, -0.05) is 62.1 Å². The molecule has 15 heavy (non-hydrogen) atoms. The predicted molar refractivity (Wildman–Crippen MR) is 66.9 cm³/mol. The lowest BCUT2D eigenvalue weighted by Crippen LogP contribution is -1.85. The number of rotatable bonds is 5. The predicted octanol–water partition coefficient (Wildman–Crippen LogP) is 4.60. The lowest BCUT2D eigenvalue weighted by atomic mass is 10.0. The molecular weight excluding hydrogens is 180 g/mol. The molecule has 0 aromatic heterocycles. The largest absolute Gasteiger partial charge is 0.0654 e. The number of unbranched alkanes of at least 4 members (excludes halogenated alkanes) is 3. The van der Waals surface area contributed by atoms with E-state index in [1.54, 1.807) is 5.57 Å². The molecule has 1 aliphatic carbocycles. The lowest BCUT2D eigenvalue weighted by Gasteiger charge is -2.01. The Morgan fingerprint density at radius 1 is 1.07 bits per heavy atom. The SMILES string of the molecule is CCCCCCC1=Cc2ccccc2C1. The van der Waals surface area contributed by atoms with Crippen molar-refractivity contribution in [3.8, 4) is 0 Å². The van der Waals surface area contributed by atoms with E-state index < -0.39 is 0 Å². The smallest absolute Gasteiger partial charge is 0.00578 e. The number of fused-ring (bicyclic) bond motifs is 1. The van der Waals surface area contributed by atoms with Crippen LogP contribution in [0.2, 0.25) is 0 Å². The third kappa shape index (κ3) is 2.71. The van der Waals surface area contributed by atoms with Crippen LogP contribution in [0.15, 0.2) is 29.8 Å². The van der Waals surface area contributed by atoms with Crippen molar-refractivity contribution in [1.29, 1.82) is 0 Å². The van der Waals surface area contributed by atoms with Crippen LogP contribution in [0.5, 0.6) is 0 Å². The summed E-state index contributed by atoms with van der Waals surface area (Å²) in [5.74, 6) is 0. The van der Waals surface area contributed by atoms with E-state index in [9.17, 15) is 0 Å². The van der Waals surface area contributed by atoms with Crippen molar-refractivity contribution in [2.45, 2.75) is 45.4 Å². The standard InChI is InChI=1S/C15H20/c1-2-3-4-5-8-13-11-14-9-6-7-10-15(14)12-13/h6-7,9-11H,2-5,8,12H2,1H3. The van der Waals surface area contributed by atoms with Crippen LogP contribution in [0.4, 0.5) is 0 Å². The molecule has 0 heterocycles. The molecule has 0 saturated heterocycles. The molecule has 0 bridgehead atoms. The summed E-state index contributed by atoms with van der Waals surface area (Å²) < 4.78 is 0. The maximum Gasteiger partial charge on any atom is -0.00578 e. The normalized spacial score (nSPS) is 13.8. The van der Waals surface area contributed by atoms with Gasteiger partial charge >= 0.3 is 0 Å². The van der Waals surface area contributed by atoms with Gasteiger partial charge in [-0.2, -0.15) is 0 Å². The first-order valence-electron chi connectivity index (χ1n) is 6.17. The zero-order chi connectivity index (χ0) is 10.5. The summed E-state index contributed by atoms with van der Waals surface area (Å²) in [6, 6.07) is 8.77. The highest BCUT2D eigenvalue weighted by atomic mass is 14.2. The molecule has 0 N–H and O–H groups in total. The molecule has 1 aliphatic rings. The van der Waals surface area contributed by atoms with Crippen LogP contribution in [0, 0.1) is 0 Å². The van der Waals surface area contributed by atoms with Gasteiger partial charge in [-0.15, -0.1) is 0 Å². The van der Waals surface area contributed by atoms with Crippen molar-refractivity contribution in [2.75, 3.05) is 0 Å². The van der Waals surface area contributed by atoms with Crippen LogP contribution in [0.3, 0.4) is 0 Å². The Hall–Kier alpha value is -1.04. The van der Waals surface area contributed by atoms with Crippen molar-refractivity contribution in [3.05, 3.63) is 41.0 Å². The molecule has 0 amide bonds. The van der Waals surface area contributed by atoms with Gasteiger partial charge in [0.05, 0.1) is 0 Å². The second-order valence-electron chi connectivity index (χ2n) is 4.49. The van der Waals surface area contributed by atoms with Crippen LogP contribution >= 0.6 is 0 Å². The third-order valence-electron chi connectivity index (χ3n) is 3.18. The zero-order valence-corrected chi connectivity index (χ0v) is 9.63. The zero-order valence-electron chi connectivity index (χ0n) is 9.63. The Labute approximate surface area is 93.0 Å². The summed E-state index contributed by atoms with van der Waals surface area (Å²) in [4.78, 5) is 0. The highest BCUT2D eigenvalue weighted by Crippen LogP contribution is 2.27. The first kappa shape index (κ1) is 10.5. The van der Waals surface area contributed by atoms with Crippen molar-refractivity contribution >= 4 is 6.08 Å². The molecule has 0 atom stereocenters. The molecule has 1 aromatic carbocycles. The van der Waals surface area contributed by atoms with Gasteiger partial charge in [-0.3, -0.25) is 0 Å². The number of benzene rings is 1. The maximum absolute atomic E-state index is 2.39. The second kappa shape index (κ2) is 5.16. The highest BCUT2D eigenvalue weighted by Gasteiger charge is 2.10. The number of hydrogen-bond donors (Lipinski definition) is 0. The van der Waals surface area contributed by atoms with E-state index in [0.717, 1.165) is 0 Å². The Morgan fingerprint density at radius 2 is 1.93 bits per heavy atom. The molecule has 0 spiro atoms. The number of allylic oxidation sites excluding steroid dienone is 1. The van der Waals surface area contributed by atoms with Crippen LogP contribution in [0.25, 0.3) is 6.08 Å². The fourth-order valence-electron chi connectivity index (χ4n) is 2.29. The fourth-order valence-corrected chi connectivity index (χ4v) is 2.29. The van der Waals surface area contributed by atoms with Crippen molar-refractivity contribution in [2.24, 2.45) is 0 Å². The van der Waals surface area contributed by atoms with E-state index in [1.807, 2.05) is 0 Å². The van der Waals surface area contributed by atoms with Crippen LogP contribution in [-0.4, -0.2) is 0 Å². The average Bonchev–Trinajstić information content (AvgIpc) is 2.67. The summed E-state index contributed by atoms with van der Waals surface area (Å²) in [5, 5.41) is 0. The molecule has 2 rings (SSSR count). The van der Waals surface area contributed by atoms with Gasteiger partial charge in [0.15, 0.2) is 0 Å². The van der Waals surface area contributed by atoms with Crippen LogP contribution in [-0.2, 0) is 6.42 Å². The van der Waals surface area contributed by atoms with E-state index in [4.69, 9.17) is 0 Å². The second-order valence-corrected chi connectivity index (χ2v) is 4.49. The highest BCUT2D eigenvalue weighted by molar-refractivity contribution is 5.63. The molecule has 0 nitrogen and oxygen atoms in total. The third-order valence-corrected chi connectivity index (χ3v) is 3.18. The summed E-state index contributed by atoms with van der Waals surface area (Å²) in [7, 11) is 0. The Morgan fingerprint density at radius 3 is 2.73 bits per heavy atom. The molecule has 1 aromatic rings. The van der Waals surface area contributed by atoms with Crippen molar-refractivity contribution in [3.63, 3.8) is 0 Å². The Kier molecular flexibility index (Phi) is 3.60. The first-order chi connectivity index (χ1) is 7.40. The number of hydrogen-bond acceptors (Lipinski definition) is 0. The summed E-state index contributed by atoms with van der Waals surface area (Å²) in [5.41, 5.74) is 4.60. The molecule has 0 heteroatoms. The Balaban J connectivity index is 1.83. The molecule has 80 valence electrons. The van der Waals surface area contributed by atoms with Gasteiger partial charge in [-0.05, 0) is 30.4 Å². The summed E-state index contributed by atoms with van der Waals surface area (Å²) in [6.07, 6.45) is 10.4. The van der Waals surface area contributed by atoms with Crippen LogP contribution in [0.1, 0.15) is 50.2 Å². The van der Waals surface area contributed by atoms with Gasteiger partial charge in [0.1, 0.15) is 0 Å². The molecule has 0 unspecified atom stereocenters. The molecule has 0 saturated carbocycles. The van der Waals surface area contributed by atoms with E-state index in [2.05, 4.69) is 37.3 Å². The minimum Gasteiger partial charge on any atom is -0.0654 e. The monoisotopic (exact) mass is 200 g/mol. The van der Waals surface area contributed by atoms with E-state index >= 15 is 0 Å². The van der Waals surface area contributed by atoms with Gasteiger partial charge < -0.3 is 0 Å². The minimum atomic E-state index is 1.20. The molecule has 0 radical (unpaired) electrons. The van der Waals surface area contributed by atoms with Crippen molar-refractivity contribution < 1.29 is 0 Å². The van der Waals surface area contributed by atoms with Gasteiger partial charge in [0.2, 0.25) is 0 Å². The van der Waals surface area contributed by atoms with Crippen molar-refractivity contribution in [1.82, 2.24) is 0 Å². The topological polar surface area (TPSA) is 0 Å². The fraction of sp³-hybridized carbons (Fsp3) is 0.467. The van der Waals surface area contributed by atoms with E-state index in [0.29, 0.717) is 0 Å². The Bertz CT molecular complexity index is 347. The molecular formula is C15H20. The molecule has 0 fully saturated rings. The van der Waals surface area contributed by atoms with E-state index in [-0.39, 0.29) is 0 Å². The average molecular weight is 200 g/mol. The minimum absolute atomic E-state index is 1.20. The van der Waals surface area contributed by atoms with Gasteiger partial charge in [0.25, 0.3) is 0 Å². The first-order valence-corrected chi connectivity index (χ1v) is 6.17. The van der Waals surface area contributed by atoms with Gasteiger partial charge in [0, 0.05) is 0 Å². The summed E-state index contributed by atoms with van der Waals surface area (Å²) >= 11 is 0.